The van der Waals surface area contributed by atoms with Gasteiger partial charge in [0.15, 0.2) is 0 Å². The summed E-state index contributed by atoms with van der Waals surface area (Å²) in [5, 5.41) is 0. The lowest BCUT2D eigenvalue weighted by Crippen LogP contribution is -1.64. The van der Waals surface area contributed by atoms with Gasteiger partial charge in [0.25, 0.3) is 0 Å². The van der Waals surface area contributed by atoms with Crippen LogP contribution in [0.25, 0.3) is 0 Å². The summed E-state index contributed by atoms with van der Waals surface area (Å²) in [6.45, 7) is 0. The van der Waals surface area contributed by atoms with Gasteiger partial charge in [0, 0.05) is 0 Å². The Balaban J connectivity index is 2.83. The molecule has 4 heteroatoms. The maximum atomic E-state index is 10.4. The van der Waals surface area contributed by atoms with Crippen molar-refractivity contribution >= 4 is 8.46 Å². The molecule has 0 radical (unpaired) electrons. The quantitative estimate of drug-likeness (QED) is 0.454. The van der Waals surface area contributed by atoms with E-state index in [0.29, 0.717) is 0 Å². The molecule has 0 bridgehead atoms. The fourth-order valence-corrected chi connectivity index (χ4v) is 0. The molecule has 0 atom stereocenters. The predicted octanol–water partition coefficient (Wildman–Crippen LogP) is 1.50. The molecular formula is CHF2OP. The summed E-state index contributed by atoms with van der Waals surface area (Å²) in [6.07, 6.45) is -2.70. The average Bonchev–Trinajstić information content (AvgIpc) is 1.38. The molecule has 0 aromatic rings. The molecule has 30 valence electrons. The van der Waals surface area contributed by atoms with Crippen LogP contribution in [0.3, 0.4) is 0 Å². The van der Waals surface area contributed by atoms with Crippen LogP contribution < -0.4 is 0 Å². The summed E-state index contributed by atoms with van der Waals surface area (Å²) in [7, 11) is -1.09. The fourth-order valence-electron chi connectivity index (χ4n) is 0. The van der Waals surface area contributed by atoms with E-state index in [9.17, 15) is 8.78 Å². The molecule has 0 heterocycles. The van der Waals surface area contributed by atoms with Gasteiger partial charge < -0.3 is 0 Å². The van der Waals surface area contributed by atoms with Crippen LogP contribution in [0.5, 0.6) is 0 Å². The maximum Gasteiger partial charge on any atom is 0.316 e. The van der Waals surface area contributed by atoms with E-state index in [-0.39, 0.29) is 0 Å². The van der Waals surface area contributed by atoms with Crippen LogP contribution >= 0.6 is 8.46 Å². The second-order valence-corrected chi connectivity index (χ2v) is 0.984. The Bertz CT molecular complexity index is 36.6. The first kappa shape index (κ1) is 4.96. The van der Waals surface area contributed by atoms with E-state index in [1.54, 1.807) is 0 Å². The smallest absolute Gasteiger partial charge is 0.269 e. The van der Waals surface area contributed by atoms with Gasteiger partial charge in [0.05, 0.1) is 0 Å². The molecule has 0 rings (SSSR count). The Kier molecular flexibility index (Phi) is 2.19. The Morgan fingerprint density at radius 2 is 1.80 bits per heavy atom. The van der Waals surface area contributed by atoms with E-state index in [2.05, 4.69) is 0 Å². The third-order valence-corrected chi connectivity index (χ3v) is 0.239. The van der Waals surface area contributed by atoms with Crippen molar-refractivity contribution in [1.82, 2.24) is 0 Å². The zero-order valence-corrected chi connectivity index (χ0v) is 3.08. The summed E-state index contributed by atoms with van der Waals surface area (Å²) in [5.41, 5.74) is 0. The molecule has 0 spiro atoms. The summed E-state index contributed by atoms with van der Waals surface area (Å²) < 4.78 is 29.7. The number of hydrogen-bond acceptors (Lipinski definition) is 1. The number of hydrogen-bond donors (Lipinski definition) is 0. The molecule has 0 aliphatic carbocycles. The van der Waals surface area contributed by atoms with Gasteiger partial charge in [-0.3, -0.25) is 4.57 Å². The Morgan fingerprint density at radius 1 is 1.60 bits per heavy atom. The van der Waals surface area contributed by atoms with Gasteiger partial charge in [0.2, 0.25) is 8.46 Å². The van der Waals surface area contributed by atoms with Crippen LogP contribution in [0.2, 0.25) is 0 Å². The molecule has 0 saturated carbocycles. The molecule has 0 N–H and O–H groups in total. The molecule has 0 aromatic carbocycles. The molecule has 0 unspecified atom stereocenters. The largest absolute Gasteiger partial charge is 0.316 e. The van der Waals surface area contributed by atoms with Crippen molar-refractivity contribution in [2.45, 2.75) is 6.17 Å². The van der Waals surface area contributed by atoms with E-state index < -0.39 is 14.6 Å². The summed E-state index contributed by atoms with van der Waals surface area (Å²) in [6, 6.07) is 0. The molecule has 0 saturated heterocycles. The normalized spacial score (nSPS) is 10.2. The van der Waals surface area contributed by atoms with E-state index in [0.717, 1.165) is 0 Å². The molecule has 0 amide bonds. The van der Waals surface area contributed by atoms with Crippen LogP contribution in [0.4, 0.5) is 8.78 Å². The van der Waals surface area contributed by atoms with Gasteiger partial charge >= 0.3 is 6.17 Å². The van der Waals surface area contributed by atoms with Crippen molar-refractivity contribution in [2.24, 2.45) is 0 Å². The van der Waals surface area contributed by atoms with Crippen LogP contribution in [0, 0.1) is 0 Å². The van der Waals surface area contributed by atoms with E-state index in [4.69, 9.17) is 4.57 Å². The molecule has 5 heavy (non-hydrogen) atoms. The van der Waals surface area contributed by atoms with Gasteiger partial charge in [0.1, 0.15) is 0 Å². The molecule has 0 fully saturated rings. The van der Waals surface area contributed by atoms with E-state index >= 15 is 0 Å². The van der Waals surface area contributed by atoms with Crippen molar-refractivity contribution in [3.63, 3.8) is 0 Å². The van der Waals surface area contributed by atoms with Crippen molar-refractivity contribution in [3.8, 4) is 0 Å². The minimum absolute atomic E-state index is 1.09. The predicted molar refractivity (Wildman–Crippen MR) is 13.6 cm³/mol. The minimum atomic E-state index is -2.70. The minimum Gasteiger partial charge on any atom is -0.269 e. The van der Waals surface area contributed by atoms with Crippen LogP contribution in [-0.2, 0) is 4.57 Å². The van der Waals surface area contributed by atoms with Gasteiger partial charge in [-0.1, -0.05) is 0 Å². The maximum absolute atomic E-state index is 10.4. The van der Waals surface area contributed by atoms with Crippen molar-refractivity contribution in [1.29, 1.82) is 0 Å². The first-order chi connectivity index (χ1) is 2.27. The SMILES string of the molecule is O=PC(F)F. The molecule has 0 aliphatic heterocycles. The molecule has 1 nitrogen and oxygen atoms in total. The fraction of sp³-hybridized carbons (Fsp3) is 1.00. The Hall–Kier alpha value is -0.0400. The number of alkyl halides is 2. The van der Waals surface area contributed by atoms with Gasteiger partial charge in [-0.25, -0.2) is 0 Å². The Morgan fingerprint density at radius 3 is 1.80 bits per heavy atom. The summed E-state index contributed by atoms with van der Waals surface area (Å²) in [5.74, 6) is 0. The molecular weight excluding hydrogens is 97.0 g/mol. The zero-order chi connectivity index (χ0) is 4.28. The summed E-state index contributed by atoms with van der Waals surface area (Å²) >= 11 is 0. The second-order valence-electron chi connectivity index (χ2n) is 0.383. The lowest BCUT2D eigenvalue weighted by atomic mass is 11.7. The highest BCUT2D eigenvalue weighted by Gasteiger charge is 1.93. The number of halogens is 2. The average molecular weight is 98.0 g/mol. The highest BCUT2D eigenvalue weighted by atomic mass is 31.1. The third-order valence-electron chi connectivity index (χ3n) is 0.0797. The highest BCUT2D eigenvalue weighted by molar-refractivity contribution is 7.24. The topological polar surface area (TPSA) is 17.1 Å². The lowest BCUT2D eigenvalue weighted by molar-refractivity contribution is 0.243. The number of rotatable bonds is 1. The van der Waals surface area contributed by atoms with Crippen molar-refractivity contribution in [2.75, 3.05) is 0 Å². The zero-order valence-electron chi connectivity index (χ0n) is 2.19. The van der Waals surface area contributed by atoms with Crippen LogP contribution in [-0.4, -0.2) is 6.17 Å². The Labute approximate surface area is 29.2 Å². The first-order valence-corrected chi connectivity index (χ1v) is 1.76. The molecule has 0 aliphatic rings. The van der Waals surface area contributed by atoms with Crippen molar-refractivity contribution in [3.05, 3.63) is 0 Å². The highest BCUT2D eigenvalue weighted by Crippen LogP contribution is 2.06. The third kappa shape index (κ3) is 3.96. The molecule has 0 aromatic heterocycles. The van der Waals surface area contributed by atoms with Crippen LogP contribution in [0.1, 0.15) is 0 Å². The van der Waals surface area contributed by atoms with Gasteiger partial charge in [-0.05, 0) is 0 Å². The second kappa shape index (κ2) is 2.21. The standard InChI is InChI=1S/CHF2OP/c2-1(3)5-4/h1H. The van der Waals surface area contributed by atoms with Gasteiger partial charge in [-0.15, -0.1) is 0 Å². The first-order valence-electron chi connectivity index (χ1n) is 0.877. The van der Waals surface area contributed by atoms with E-state index in [1.807, 2.05) is 0 Å². The van der Waals surface area contributed by atoms with Crippen molar-refractivity contribution < 1.29 is 13.3 Å². The lowest BCUT2D eigenvalue weighted by Gasteiger charge is -1.68. The van der Waals surface area contributed by atoms with Crippen LogP contribution in [0.15, 0.2) is 0 Å². The monoisotopic (exact) mass is 98.0 g/mol. The van der Waals surface area contributed by atoms with E-state index in [1.165, 1.54) is 0 Å². The van der Waals surface area contributed by atoms with Gasteiger partial charge in [-0.2, -0.15) is 8.78 Å². The summed E-state index contributed by atoms with van der Waals surface area (Å²) in [4.78, 5) is 0.